The fraction of sp³-hybridized carbons (Fsp3) is 0.444. The molecule has 1 unspecified atom stereocenters. The zero-order valence-electron chi connectivity index (χ0n) is 13.4. The lowest BCUT2D eigenvalue weighted by atomic mass is 10.1. The third-order valence-corrected chi connectivity index (χ3v) is 5.15. The molecule has 0 aliphatic carbocycles. The van der Waals surface area contributed by atoms with Crippen LogP contribution in [-0.2, 0) is 0 Å². The van der Waals surface area contributed by atoms with Crippen LogP contribution in [0.2, 0.25) is 0 Å². The van der Waals surface area contributed by atoms with Crippen molar-refractivity contribution in [3.63, 3.8) is 0 Å². The van der Waals surface area contributed by atoms with Gasteiger partial charge in [0, 0.05) is 34.5 Å². The number of fused-ring (bicyclic) bond motifs is 1. The average Bonchev–Trinajstić information content (AvgIpc) is 2.47. The van der Waals surface area contributed by atoms with Crippen LogP contribution in [-0.4, -0.2) is 31.6 Å². The predicted molar refractivity (Wildman–Crippen MR) is 93.6 cm³/mol. The van der Waals surface area contributed by atoms with Crippen LogP contribution >= 0.6 is 11.8 Å². The van der Waals surface area contributed by atoms with Gasteiger partial charge in [-0.1, -0.05) is 30.8 Å². The topological polar surface area (TPSA) is 6.48 Å². The molecule has 112 valence electrons. The molecular formula is C18H24N2S. The van der Waals surface area contributed by atoms with E-state index in [0.29, 0.717) is 6.04 Å². The molecule has 0 aromatic heterocycles. The second-order valence-electron chi connectivity index (χ2n) is 5.60. The number of anilines is 1. The molecule has 1 aromatic carbocycles. The Morgan fingerprint density at radius 1 is 1.33 bits per heavy atom. The molecule has 2 nitrogen and oxygen atoms in total. The molecule has 0 fully saturated rings. The summed E-state index contributed by atoms with van der Waals surface area (Å²) in [7, 11) is 4.26. The molecule has 21 heavy (non-hydrogen) atoms. The van der Waals surface area contributed by atoms with Crippen molar-refractivity contribution in [2.75, 3.05) is 25.5 Å². The fourth-order valence-corrected chi connectivity index (χ4v) is 3.73. The van der Waals surface area contributed by atoms with E-state index in [1.54, 1.807) is 0 Å². The van der Waals surface area contributed by atoms with Gasteiger partial charge in [-0.05, 0) is 39.6 Å². The van der Waals surface area contributed by atoms with E-state index in [1.165, 1.54) is 21.2 Å². The Labute approximate surface area is 133 Å². The smallest absolute Gasteiger partial charge is 0.0550 e. The van der Waals surface area contributed by atoms with Gasteiger partial charge in [0.25, 0.3) is 0 Å². The monoisotopic (exact) mass is 300 g/mol. The molecule has 2 rings (SSSR count). The Hall–Kier alpha value is -1.37. The van der Waals surface area contributed by atoms with Crippen LogP contribution in [0.1, 0.15) is 26.7 Å². The highest BCUT2D eigenvalue weighted by molar-refractivity contribution is 8.03. The van der Waals surface area contributed by atoms with E-state index in [4.69, 9.17) is 6.42 Å². The highest BCUT2D eigenvalue weighted by atomic mass is 32.2. The standard InChI is InChI=1S/C18H24N2S/c1-6-10-17-15(7-2)20(13-14(3)19(4)5)16-11-8-9-12-18(16)21-17/h1,8-9,11-12,14H,7,10,13H2,2-5H3. The molecular weight excluding hydrogens is 276 g/mol. The molecule has 0 radical (unpaired) electrons. The lowest BCUT2D eigenvalue weighted by Crippen LogP contribution is -2.39. The van der Waals surface area contributed by atoms with Crippen LogP contribution in [0.5, 0.6) is 0 Å². The number of hydrogen-bond acceptors (Lipinski definition) is 3. The largest absolute Gasteiger partial charge is 0.342 e. The molecule has 1 aromatic rings. The van der Waals surface area contributed by atoms with Crippen molar-refractivity contribution in [2.45, 2.75) is 37.6 Å². The molecule has 1 aliphatic heterocycles. The highest BCUT2D eigenvalue weighted by Gasteiger charge is 2.25. The van der Waals surface area contributed by atoms with Crippen LogP contribution in [0.4, 0.5) is 5.69 Å². The van der Waals surface area contributed by atoms with Gasteiger partial charge < -0.3 is 9.80 Å². The van der Waals surface area contributed by atoms with Crippen molar-refractivity contribution in [3.05, 3.63) is 34.9 Å². The molecule has 0 spiro atoms. The summed E-state index contributed by atoms with van der Waals surface area (Å²) < 4.78 is 0. The van der Waals surface area contributed by atoms with Gasteiger partial charge in [-0.2, -0.15) is 0 Å². The minimum absolute atomic E-state index is 0.481. The number of benzene rings is 1. The van der Waals surface area contributed by atoms with Gasteiger partial charge in [0.15, 0.2) is 0 Å². The first-order valence-electron chi connectivity index (χ1n) is 7.44. The third kappa shape index (κ3) is 3.45. The van der Waals surface area contributed by atoms with Gasteiger partial charge in [-0.15, -0.1) is 12.3 Å². The predicted octanol–water partition coefficient (Wildman–Crippen LogP) is 4.19. The summed E-state index contributed by atoms with van der Waals surface area (Å²) in [6.07, 6.45) is 7.30. The van der Waals surface area contributed by atoms with Crippen molar-refractivity contribution in [3.8, 4) is 12.3 Å². The van der Waals surface area contributed by atoms with Crippen LogP contribution < -0.4 is 4.90 Å². The number of likely N-dealkylation sites (N-methyl/N-ethyl adjacent to an activating group) is 1. The molecule has 0 saturated heterocycles. The van der Waals surface area contributed by atoms with Gasteiger partial charge >= 0.3 is 0 Å². The Balaban J connectivity index is 2.42. The van der Waals surface area contributed by atoms with Crippen LogP contribution in [0, 0.1) is 12.3 Å². The van der Waals surface area contributed by atoms with Crippen molar-refractivity contribution in [1.29, 1.82) is 0 Å². The van der Waals surface area contributed by atoms with Gasteiger partial charge in [0.1, 0.15) is 0 Å². The number of allylic oxidation sites excluding steroid dienone is 2. The molecule has 3 heteroatoms. The first-order chi connectivity index (χ1) is 10.1. The Bertz CT molecular complexity index is 569. The summed E-state index contributed by atoms with van der Waals surface area (Å²) in [5.41, 5.74) is 2.69. The number of thioether (sulfide) groups is 1. The van der Waals surface area contributed by atoms with E-state index < -0.39 is 0 Å². The van der Waals surface area contributed by atoms with Gasteiger partial charge in [0.2, 0.25) is 0 Å². The van der Waals surface area contributed by atoms with Crippen molar-refractivity contribution in [2.24, 2.45) is 0 Å². The number of terminal acetylenes is 1. The fourth-order valence-electron chi connectivity index (χ4n) is 2.51. The summed E-state index contributed by atoms with van der Waals surface area (Å²) in [6.45, 7) is 5.47. The number of hydrogen-bond donors (Lipinski definition) is 0. The lowest BCUT2D eigenvalue weighted by molar-refractivity contribution is 0.317. The highest BCUT2D eigenvalue weighted by Crippen LogP contribution is 2.45. The van der Waals surface area contributed by atoms with Crippen LogP contribution in [0.3, 0.4) is 0 Å². The van der Waals surface area contributed by atoms with Crippen molar-refractivity contribution in [1.82, 2.24) is 4.90 Å². The first-order valence-corrected chi connectivity index (χ1v) is 8.26. The molecule has 1 atom stereocenters. The van der Waals surface area contributed by atoms with Crippen molar-refractivity contribution >= 4 is 17.4 Å². The van der Waals surface area contributed by atoms with E-state index in [9.17, 15) is 0 Å². The number of nitrogens with zero attached hydrogens (tertiary/aromatic N) is 2. The molecule has 0 saturated carbocycles. The van der Waals surface area contributed by atoms with Gasteiger partial charge in [-0.3, -0.25) is 0 Å². The molecule has 0 amide bonds. The van der Waals surface area contributed by atoms with Crippen LogP contribution in [0.15, 0.2) is 39.8 Å². The Morgan fingerprint density at radius 3 is 2.67 bits per heavy atom. The van der Waals surface area contributed by atoms with E-state index in [0.717, 1.165) is 19.4 Å². The lowest BCUT2D eigenvalue weighted by Gasteiger charge is -2.37. The maximum absolute atomic E-state index is 5.57. The zero-order chi connectivity index (χ0) is 15.4. The normalized spacial score (nSPS) is 15.9. The SMILES string of the molecule is C#CCC1=C(CC)N(CC(C)N(C)C)c2ccccc2S1. The van der Waals surface area contributed by atoms with E-state index in [-0.39, 0.29) is 0 Å². The number of rotatable bonds is 5. The zero-order valence-corrected chi connectivity index (χ0v) is 14.2. The summed E-state index contributed by atoms with van der Waals surface area (Å²) in [4.78, 5) is 7.36. The van der Waals surface area contributed by atoms with Crippen LogP contribution in [0.25, 0.3) is 0 Å². The van der Waals surface area contributed by atoms with Crippen molar-refractivity contribution < 1.29 is 0 Å². The molecule has 1 aliphatic rings. The van der Waals surface area contributed by atoms with E-state index in [1.807, 2.05) is 11.8 Å². The minimum Gasteiger partial charge on any atom is -0.342 e. The van der Waals surface area contributed by atoms with E-state index in [2.05, 4.69) is 67.9 Å². The summed E-state index contributed by atoms with van der Waals surface area (Å²) in [5, 5.41) is 0. The first kappa shape index (κ1) is 16.0. The molecule has 0 N–H and O–H groups in total. The third-order valence-electron chi connectivity index (χ3n) is 3.96. The van der Waals surface area contributed by atoms with Gasteiger partial charge in [-0.25, -0.2) is 0 Å². The minimum atomic E-state index is 0.481. The second-order valence-corrected chi connectivity index (χ2v) is 6.73. The average molecular weight is 300 g/mol. The Kier molecular flexibility index (Phi) is 5.39. The van der Waals surface area contributed by atoms with E-state index >= 15 is 0 Å². The van der Waals surface area contributed by atoms with Gasteiger partial charge in [0.05, 0.1) is 5.69 Å². The molecule has 1 heterocycles. The summed E-state index contributed by atoms with van der Waals surface area (Å²) >= 11 is 1.84. The summed E-state index contributed by atoms with van der Waals surface area (Å²) in [5.74, 6) is 2.81. The maximum Gasteiger partial charge on any atom is 0.0550 e. The summed E-state index contributed by atoms with van der Waals surface area (Å²) in [6, 6.07) is 9.11. The Morgan fingerprint density at radius 2 is 2.05 bits per heavy atom. The molecule has 0 bridgehead atoms. The second kappa shape index (κ2) is 7.06. The quantitative estimate of drug-likeness (QED) is 0.753. The maximum atomic E-state index is 5.57. The number of para-hydroxylation sites is 1.